The SMILES string of the molecule is C=CCNC(=O)C(=O)C(CC1CC1)NC(=O)[C@@H]1[C@@H](C(C)C)CCN1C(=O)[C@H](C1Cc2ccccc2C1)N1C(=O)[C@@H](NC(=O)c2cccs2)C12CCCCC2. The van der Waals surface area contributed by atoms with E-state index in [9.17, 15) is 24.0 Å². The average Bonchev–Trinajstić information content (AvgIpc) is 3.54. The molecule has 1 aromatic carbocycles. The zero-order valence-electron chi connectivity index (χ0n) is 31.4. The number of fused-ring (bicyclic) bond motifs is 1. The van der Waals surface area contributed by atoms with Crippen molar-refractivity contribution >= 4 is 46.7 Å². The van der Waals surface area contributed by atoms with Gasteiger partial charge in [-0.2, -0.15) is 0 Å². The van der Waals surface area contributed by atoms with Crippen molar-refractivity contribution in [3.05, 3.63) is 70.4 Å². The summed E-state index contributed by atoms with van der Waals surface area (Å²) < 4.78 is 0. The van der Waals surface area contributed by atoms with E-state index in [1.807, 2.05) is 42.3 Å². The molecule has 7 rings (SSSR count). The summed E-state index contributed by atoms with van der Waals surface area (Å²) in [4.78, 5) is 88.1. The number of nitrogens with one attached hydrogen (secondary N) is 3. The second-order valence-electron chi connectivity index (χ2n) is 16.4. The minimum atomic E-state index is -1.00. The van der Waals surface area contributed by atoms with Crippen LogP contribution in [-0.4, -0.2) is 87.9 Å². The zero-order chi connectivity index (χ0) is 38.1. The molecule has 288 valence electrons. The number of carbonyl (C=O) groups is 6. The molecule has 1 aromatic heterocycles. The minimum absolute atomic E-state index is 0.0494. The Kier molecular flexibility index (Phi) is 11.1. The first-order valence-corrected chi connectivity index (χ1v) is 20.7. The summed E-state index contributed by atoms with van der Waals surface area (Å²) in [7, 11) is 0. The number of thiophene rings is 1. The third-order valence-corrected chi connectivity index (χ3v) is 13.6. The number of rotatable bonds is 14. The lowest BCUT2D eigenvalue weighted by atomic mass is 9.66. The van der Waals surface area contributed by atoms with Gasteiger partial charge in [-0.3, -0.25) is 28.8 Å². The first kappa shape index (κ1) is 38.0. The van der Waals surface area contributed by atoms with Gasteiger partial charge in [-0.05, 0) is 84.8 Å². The molecule has 0 radical (unpaired) electrons. The lowest BCUT2D eigenvalue weighted by molar-refractivity contribution is -0.183. The third kappa shape index (κ3) is 7.25. The maximum atomic E-state index is 15.4. The maximum absolute atomic E-state index is 15.4. The molecule has 1 unspecified atom stereocenters. The van der Waals surface area contributed by atoms with Crippen LogP contribution in [0.15, 0.2) is 54.4 Å². The largest absolute Gasteiger partial charge is 0.346 e. The molecule has 1 spiro atoms. The molecule has 5 atom stereocenters. The zero-order valence-corrected chi connectivity index (χ0v) is 32.2. The molecule has 3 aliphatic carbocycles. The van der Waals surface area contributed by atoms with Gasteiger partial charge < -0.3 is 25.8 Å². The van der Waals surface area contributed by atoms with Crippen molar-refractivity contribution in [2.75, 3.05) is 13.1 Å². The van der Waals surface area contributed by atoms with Crippen LogP contribution in [0, 0.1) is 23.7 Å². The van der Waals surface area contributed by atoms with Gasteiger partial charge in [0.2, 0.25) is 23.5 Å². The van der Waals surface area contributed by atoms with Crippen LogP contribution in [0.5, 0.6) is 0 Å². The van der Waals surface area contributed by atoms with Gasteiger partial charge in [0, 0.05) is 13.1 Å². The van der Waals surface area contributed by atoms with E-state index in [4.69, 9.17) is 0 Å². The van der Waals surface area contributed by atoms with E-state index in [1.54, 1.807) is 11.0 Å². The fraction of sp³-hybridized carbons (Fsp3) is 0.571. The first-order valence-electron chi connectivity index (χ1n) is 19.8. The smallest absolute Gasteiger partial charge is 0.289 e. The first-order chi connectivity index (χ1) is 26.0. The summed E-state index contributed by atoms with van der Waals surface area (Å²) in [6.45, 7) is 8.16. The topological polar surface area (TPSA) is 145 Å². The van der Waals surface area contributed by atoms with Crippen molar-refractivity contribution in [2.24, 2.45) is 23.7 Å². The summed E-state index contributed by atoms with van der Waals surface area (Å²) in [5, 5.41) is 10.4. The quantitative estimate of drug-likeness (QED) is 0.150. The number of Topliss-reactive ketones (excluding diaryl/α,β-unsaturated/α-hetero) is 1. The van der Waals surface area contributed by atoms with Gasteiger partial charge >= 0.3 is 0 Å². The molecule has 2 aromatic rings. The molecule has 5 aliphatic rings. The fourth-order valence-electron chi connectivity index (χ4n) is 9.77. The lowest BCUT2D eigenvalue weighted by Crippen LogP contribution is -2.83. The Morgan fingerprint density at radius 1 is 0.981 bits per heavy atom. The summed E-state index contributed by atoms with van der Waals surface area (Å²) in [6.07, 6.45) is 9.68. The molecule has 3 N–H and O–H groups in total. The van der Waals surface area contributed by atoms with Crippen molar-refractivity contribution in [1.29, 1.82) is 0 Å². The van der Waals surface area contributed by atoms with Crippen molar-refractivity contribution in [3.8, 4) is 0 Å². The Morgan fingerprint density at radius 2 is 1.69 bits per heavy atom. The van der Waals surface area contributed by atoms with Gasteiger partial charge in [0.05, 0.1) is 16.5 Å². The molecule has 54 heavy (non-hydrogen) atoms. The van der Waals surface area contributed by atoms with E-state index in [0.29, 0.717) is 49.9 Å². The molecular weight excluding hydrogens is 703 g/mol. The van der Waals surface area contributed by atoms with E-state index in [2.05, 4.69) is 34.7 Å². The Labute approximate surface area is 321 Å². The molecule has 2 saturated carbocycles. The Balaban J connectivity index is 1.21. The number of likely N-dealkylation sites (tertiary alicyclic amines) is 2. The van der Waals surface area contributed by atoms with E-state index in [1.165, 1.54) is 17.4 Å². The van der Waals surface area contributed by atoms with Crippen LogP contribution in [0.3, 0.4) is 0 Å². The maximum Gasteiger partial charge on any atom is 0.289 e. The monoisotopic (exact) mass is 755 g/mol. The number of benzene rings is 1. The van der Waals surface area contributed by atoms with Crippen LogP contribution < -0.4 is 16.0 Å². The predicted molar refractivity (Wildman–Crippen MR) is 205 cm³/mol. The molecule has 5 amide bonds. The molecule has 12 heteroatoms. The van der Waals surface area contributed by atoms with Crippen molar-refractivity contribution in [3.63, 3.8) is 0 Å². The van der Waals surface area contributed by atoms with Crippen LogP contribution in [0.2, 0.25) is 0 Å². The normalized spacial score (nSPS) is 24.4. The van der Waals surface area contributed by atoms with E-state index in [0.717, 1.165) is 43.2 Å². The molecule has 3 heterocycles. The highest BCUT2D eigenvalue weighted by Gasteiger charge is 2.65. The Bertz CT molecular complexity index is 1760. The van der Waals surface area contributed by atoms with Crippen LogP contribution in [-0.2, 0) is 36.8 Å². The number of amides is 5. The number of hydrogen-bond acceptors (Lipinski definition) is 7. The Hall–Kier alpha value is -4.32. The van der Waals surface area contributed by atoms with Crippen LogP contribution in [0.4, 0.5) is 0 Å². The Morgan fingerprint density at radius 3 is 2.30 bits per heavy atom. The molecule has 2 saturated heterocycles. The summed E-state index contributed by atoms with van der Waals surface area (Å²) >= 11 is 1.33. The van der Waals surface area contributed by atoms with E-state index in [-0.39, 0.29) is 47.9 Å². The van der Waals surface area contributed by atoms with Gasteiger partial charge in [0.15, 0.2) is 0 Å². The summed E-state index contributed by atoms with van der Waals surface area (Å²) in [5.41, 5.74) is 1.59. The van der Waals surface area contributed by atoms with Crippen molar-refractivity contribution < 1.29 is 28.8 Å². The number of ketones is 1. The second kappa shape index (κ2) is 15.8. The van der Waals surface area contributed by atoms with Gasteiger partial charge in [-0.15, -0.1) is 17.9 Å². The molecule has 11 nitrogen and oxygen atoms in total. The van der Waals surface area contributed by atoms with Crippen LogP contribution in [0.1, 0.15) is 92.4 Å². The highest BCUT2D eigenvalue weighted by atomic mass is 32.1. The number of carbonyl (C=O) groups excluding carboxylic acids is 6. The predicted octanol–water partition coefficient (Wildman–Crippen LogP) is 4.20. The highest BCUT2D eigenvalue weighted by Crippen LogP contribution is 2.49. The number of nitrogens with zero attached hydrogens (tertiary/aromatic N) is 2. The lowest BCUT2D eigenvalue weighted by Gasteiger charge is -2.62. The van der Waals surface area contributed by atoms with E-state index >= 15 is 4.79 Å². The standard InChI is InChI=1S/C42H53N5O6S/c1-4-19-43-39(51)35(48)31(22-26-14-15-26)44-38(50)34-30(25(2)3)16-20-46(34)40(52)33(29-23-27-11-6-7-12-28(27)24-29)47-41(53)36(42(47)17-8-5-9-18-42)45-37(49)32-13-10-21-54-32/h4,6-7,10-13,21,25-26,29-31,33-34,36H,1,5,8-9,14-20,22-24H2,2-3H3,(H,43,51)(H,44,50)(H,45,49)/t30-,31?,33+,34+,36-/m1/s1. The molecule has 2 aliphatic heterocycles. The molecule has 0 bridgehead atoms. The van der Waals surface area contributed by atoms with Crippen molar-refractivity contribution in [1.82, 2.24) is 25.8 Å². The van der Waals surface area contributed by atoms with Crippen LogP contribution >= 0.6 is 11.3 Å². The fourth-order valence-corrected chi connectivity index (χ4v) is 10.4. The van der Waals surface area contributed by atoms with Gasteiger partial charge in [0.1, 0.15) is 18.1 Å². The number of β-lactam (4-membered cyclic amide) rings is 1. The van der Waals surface area contributed by atoms with Crippen LogP contribution in [0.25, 0.3) is 0 Å². The van der Waals surface area contributed by atoms with Gasteiger partial charge in [-0.1, -0.05) is 82.4 Å². The average molecular weight is 756 g/mol. The summed E-state index contributed by atoms with van der Waals surface area (Å²) in [6, 6.07) is 8.26. The van der Waals surface area contributed by atoms with Crippen molar-refractivity contribution in [2.45, 2.75) is 114 Å². The van der Waals surface area contributed by atoms with E-state index < -0.39 is 47.3 Å². The third-order valence-electron chi connectivity index (χ3n) is 12.7. The van der Waals surface area contributed by atoms with Gasteiger partial charge in [-0.25, -0.2) is 0 Å². The number of hydrogen-bond donors (Lipinski definition) is 3. The molecule has 4 fully saturated rings. The van der Waals surface area contributed by atoms with Gasteiger partial charge in [0.25, 0.3) is 11.8 Å². The second-order valence-corrected chi connectivity index (χ2v) is 17.4. The minimum Gasteiger partial charge on any atom is -0.346 e. The molecular formula is C42H53N5O6S. The highest BCUT2D eigenvalue weighted by molar-refractivity contribution is 7.12. The summed E-state index contributed by atoms with van der Waals surface area (Å²) in [5.74, 6) is -2.80.